The third-order valence-corrected chi connectivity index (χ3v) is 5.20. The Labute approximate surface area is 140 Å². The van der Waals surface area contributed by atoms with Crippen LogP contribution >= 0.6 is 0 Å². The molecule has 0 radical (unpaired) electrons. The first-order chi connectivity index (χ1) is 10.9. The van der Waals surface area contributed by atoms with Gasteiger partial charge >= 0.3 is 6.09 Å². The van der Waals surface area contributed by atoms with E-state index in [4.69, 9.17) is 4.74 Å². The highest BCUT2D eigenvalue weighted by atomic mass is 16.6. The van der Waals surface area contributed by atoms with Crippen molar-refractivity contribution in [3.8, 4) is 0 Å². The Bertz CT molecular complexity index is 417. The summed E-state index contributed by atoms with van der Waals surface area (Å²) < 4.78 is 5.54. The first kappa shape index (κ1) is 17.0. The van der Waals surface area contributed by atoms with Gasteiger partial charge in [0.15, 0.2) is 0 Å². The molecular formula is C18H33N3O2. The van der Waals surface area contributed by atoms with Crippen LogP contribution in [0.5, 0.6) is 0 Å². The second-order valence-electron chi connectivity index (χ2n) is 8.42. The summed E-state index contributed by atoms with van der Waals surface area (Å²) >= 11 is 0. The topological polar surface area (TPSA) is 44.8 Å². The second kappa shape index (κ2) is 6.98. The van der Waals surface area contributed by atoms with Gasteiger partial charge in [0, 0.05) is 37.8 Å². The molecule has 5 heteroatoms. The van der Waals surface area contributed by atoms with Crippen molar-refractivity contribution in [2.24, 2.45) is 0 Å². The van der Waals surface area contributed by atoms with Gasteiger partial charge in [0.25, 0.3) is 0 Å². The van der Waals surface area contributed by atoms with Crippen molar-refractivity contribution in [2.75, 3.05) is 26.2 Å². The number of ether oxygens (including phenoxy) is 1. The molecule has 0 aromatic carbocycles. The van der Waals surface area contributed by atoms with E-state index in [9.17, 15) is 4.79 Å². The van der Waals surface area contributed by atoms with Crippen molar-refractivity contribution in [2.45, 2.75) is 83.0 Å². The number of carbonyl (C=O) groups is 1. The number of nitrogens with zero attached hydrogens (tertiary/aromatic N) is 2. The van der Waals surface area contributed by atoms with Crippen LogP contribution in [0, 0.1) is 0 Å². The summed E-state index contributed by atoms with van der Waals surface area (Å²) in [6.45, 7) is 10.1. The summed E-state index contributed by atoms with van der Waals surface area (Å²) in [5.74, 6) is 0. The van der Waals surface area contributed by atoms with Gasteiger partial charge in [-0.25, -0.2) is 4.79 Å². The standard InChI is InChI=1S/C18H33N3O2/c1-18(2,3)23-17(22)21-11-4-5-16(21)8-10-19-14-9-12-20(13-14)15-6-7-15/h14-16,19H,4-13H2,1-3H3. The third-order valence-electron chi connectivity index (χ3n) is 5.20. The SMILES string of the molecule is CC(C)(C)OC(=O)N1CCCC1CCNC1CCN(C2CC2)C1. The van der Waals surface area contributed by atoms with Gasteiger partial charge in [-0.15, -0.1) is 0 Å². The number of carbonyl (C=O) groups excluding carboxylic acids is 1. The van der Waals surface area contributed by atoms with Gasteiger partial charge in [-0.2, -0.15) is 0 Å². The summed E-state index contributed by atoms with van der Waals surface area (Å²) in [5.41, 5.74) is -0.404. The highest BCUT2D eigenvalue weighted by Crippen LogP contribution is 2.30. The maximum absolute atomic E-state index is 12.3. The number of hydrogen-bond acceptors (Lipinski definition) is 4. The van der Waals surface area contributed by atoms with E-state index in [0.717, 1.165) is 38.4 Å². The average molecular weight is 323 g/mol. The minimum absolute atomic E-state index is 0.138. The first-order valence-electron chi connectivity index (χ1n) is 9.39. The summed E-state index contributed by atoms with van der Waals surface area (Å²) in [7, 11) is 0. The van der Waals surface area contributed by atoms with Crippen molar-refractivity contribution < 1.29 is 9.53 Å². The molecular weight excluding hydrogens is 290 g/mol. The van der Waals surface area contributed by atoms with E-state index in [-0.39, 0.29) is 6.09 Å². The third kappa shape index (κ3) is 4.83. The van der Waals surface area contributed by atoms with Crippen molar-refractivity contribution in [1.29, 1.82) is 0 Å². The Morgan fingerprint density at radius 3 is 2.65 bits per heavy atom. The molecule has 3 fully saturated rings. The maximum atomic E-state index is 12.3. The lowest BCUT2D eigenvalue weighted by atomic mass is 10.1. The van der Waals surface area contributed by atoms with Crippen LogP contribution < -0.4 is 5.32 Å². The molecule has 2 unspecified atom stereocenters. The smallest absolute Gasteiger partial charge is 0.410 e. The summed E-state index contributed by atoms with van der Waals surface area (Å²) in [6.07, 6.45) is 7.19. The predicted molar refractivity (Wildman–Crippen MR) is 91.6 cm³/mol. The van der Waals surface area contributed by atoms with Gasteiger partial charge in [0.1, 0.15) is 5.60 Å². The maximum Gasteiger partial charge on any atom is 0.410 e. The lowest BCUT2D eigenvalue weighted by Gasteiger charge is -2.29. The molecule has 2 aliphatic heterocycles. The molecule has 2 atom stereocenters. The molecule has 132 valence electrons. The predicted octanol–water partition coefficient (Wildman–Crippen LogP) is 2.60. The van der Waals surface area contributed by atoms with E-state index in [2.05, 4.69) is 10.2 Å². The van der Waals surface area contributed by atoms with Crippen molar-refractivity contribution in [3.05, 3.63) is 0 Å². The Morgan fingerprint density at radius 1 is 1.17 bits per heavy atom. The molecule has 1 amide bonds. The highest BCUT2D eigenvalue weighted by molar-refractivity contribution is 5.68. The molecule has 0 aromatic heterocycles. The molecule has 1 aliphatic carbocycles. The fraction of sp³-hybridized carbons (Fsp3) is 0.944. The zero-order chi connectivity index (χ0) is 16.4. The van der Waals surface area contributed by atoms with Gasteiger partial charge in [0.05, 0.1) is 0 Å². The van der Waals surface area contributed by atoms with Crippen LogP contribution in [0.25, 0.3) is 0 Å². The van der Waals surface area contributed by atoms with E-state index in [0.29, 0.717) is 12.1 Å². The van der Waals surface area contributed by atoms with Crippen LogP contribution in [0.1, 0.15) is 59.3 Å². The molecule has 23 heavy (non-hydrogen) atoms. The zero-order valence-corrected chi connectivity index (χ0v) is 15.0. The van der Waals surface area contributed by atoms with Crippen LogP contribution in [-0.4, -0.2) is 65.8 Å². The Kier molecular flexibility index (Phi) is 5.16. The van der Waals surface area contributed by atoms with Gasteiger partial charge in [0.2, 0.25) is 0 Å². The van der Waals surface area contributed by atoms with E-state index >= 15 is 0 Å². The minimum Gasteiger partial charge on any atom is -0.444 e. The number of hydrogen-bond donors (Lipinski definition) is 1. The van der Waals surface area contributed by atoms with E-state index in [1.807, 2.05) is 25.7 Å². The van der Waals surface area contributed by atoms with Crippen LogP contribution in [0.4, 0.5) is 4.79 Å². The number of nitrogens with one attached hydrogen (secondary N) is 1. The Morgan fingerprint density at radius 2 is 1.96 bits per heavy atom. The lowest BCUT2D eigenvalue weighted by Crippen LogP contribution is -2.42. The van der Waals surface area contributed by atoms with Gasteiger partial charge in [-0.05, 0) is 65.8 Å². The molecule has 0 aromatic rings. The minimum atomic E-state index is -0.404. The van der Waals surface area contributed by atoms with Crippen LogP contribution in [0.3, 0.4) is 0 Å². The largest absolute Gasteiger partial charge is 0.444 e. The number of likely N-dealkylation sites (tertiary alicyclic amines) is 2. The van der Waals surface area contributed by atoms with Gasteiger partial charge in [-0.1, -0.05) is 0 Å². The normalized spacial score (nSPS) is 29.3. The lowest BCUT2D eigenvalue weighted by molar-refractivity contribution is 0.0220. The molecule has 0 bridgehead atoms. The van der Waals surface area contributed by atoms with E-state index in [1.165, 1.54) is 32.4 Å². The van der Waals surface area contributed by atoms with Crippen LogP contribution in [-0.2, 0) is 4.74 Å². The Balaban J connectivity index is 1.38. The highest BCUT2D eigenvalue weighted by Gasteiger charge is 2.35. The van der Waals surface area contributed by atoms with E-state index in [1.54, 1.807) is 0 Å². The quantitative estimate of drug-likeness (QED) is 0.845. The number of amides is 1. The molecule has 1 saturated carbocycles. The molecule has 0 spiro atoms. The molecule has 2 heterocycles. The molecule has 3 rings (SSSR count). The summed E-state index contributed by atoms with van der Waals surface area (Å²) in [5, 5.41) is 3.71. The van der Waals surface area contributed by atoms with Crippen molar-refractivity contribution in [3.63, 3.8) is 0 Å². The van der Waals surface area contributed by atoms with Crippen LogP contribution in [0.15, 0.2) is 0 Å². The van der Waals surface area contributed by atoms with Crippen molar-refractivity contribution >= 4 is 6.09 Å². The first-order valence-corrected chi connectivity index (χ1v) is 9.39. The van der Waals surface area contributed by atoms with Gasteiger partial charge < -0.3 is 15.0 Å². The van der Waals surface area contributed by atoms with E-state index < -0.39 is 5.60 Å². The van der Waals surface area contributed by atoms with Gasteiger partial charge in [-0.3, -0.25) is 4.90 Å². The summed E-state index contributed by atoms with van der Waals surface area (Å²) in [6, 6.07) is 1.88. The molecule has 5 nitrogen and oxygen atoms in total. The van der Waals surface area contributed by atoms with Crippen molar-refractivity contribution in [1.82, 2.24) is 15.1 Å². The second-order valence-corrected chi connectivity index (χ2v) is 8.42. The number of rotatable bonds is 5. The van der Waals surface area contributed by atoms with Crippen LogP contribution in [0.2, 0.25) is 0 Å². The summed E-state index contributed by atoms with van der Waals surface area (Å²) in [4.78, 5) is 16.9. The fourth-order valence-electron chi connectivity index (χ4n) is 3.88. The fourth-order valence-corrected chi connectivity index (χ4v) is 3.88. The average Bonchev–Trinajstić information content (AvgIpc) is 3.01. The molecule has 1 N–H and O–H groups in total. The monoisotopic (exact) mass is 323 g/mol. The molecule has 3 aliphatic rings. The molecule has 2 saturated heterocycles. The zero-order valence-electron chi connectivity index (χ0n) is 15.0. The Hall–Kier alpha value is -0.810.